The second kappa shape index (κ2) is 5.61. The third kappa shape index (κ3) is 3.28. The van der Waals surface area contributed by atoms with E-state index in [0.717, 1.165) is 13.0 Å². The lowest BCUT2D eigenvalue weighted by atomic mass is 10.0. The van der Waals surface area contributed by atoms with Gasteiger partial charge in [0.25, 0.3) is 0 Å². The molecule has 0 saturated heterocycles. The van der Waals surface area contributed by atoms with Gasteiger partial charge in [0.05, 0.1) is 5.66 Å². The second-order valence-electron chi connectivity index (χ2n) is 4.03. The Morgan fingerprint density at radius 2 is 1.85 bits per heavy atom. The Kier molecular flexibility index (Phi) is 5.57. The van der Waals surface area contributed by atoms with Crippen molar-refractivity contribution < 1.29 is 0 Å². The van der Waals surface area contributed by atoms with Crippen molar-refractivity contribution in [3.8, 4) is 0 Å². The monoisotopic (exact) mass is 186 g/mol. The molecular weight excluding hydrogens is 160 g/mol. The van der Waals surface area contributed by atoms with Crippen LogP contribution in [0.4, 0.5) is 0 Å². The van der Waals surface area contributed by atoms with E-state index in [4.69, 9.17) is 0 Å². The normalized spacial score (nSPS) is 18.7. The maximum Gasteiger partial charge on any atom is 0.0680 e. The highest BCUT2D eigenvalue weighted by Crippen LogP contribution is 2.18. The van der Waals surface area contributed by atoms with Gasteiger partial charge in [-0.2, -0.15) is 0 Å². The van der Waals surface area contributed by atoms with Crippen molar-refractivity contribution in [2.75, 3.05) is 13.6 Å². The molecule has 2 unspecified atom stereocenters. The summed E-state index contributed by atoms with van der Waals surface area (Å²) >= 11 is 0. The van der Waals surface area contributed by atoms with Gasteiger partial charge in [-0.3, -0.25) is 10.2 Å². The van der Waals surface area contributed by atoms with E-state index < -0.39 is 0 Å². The first-order valence-electron chi connectivity index (χ1n) is 5.49. The summed E-state index contributed by atoms with van der Waals surface area (Å²) < 4.78 is 0. The Hall–Kier alpha value is -0.0800. The summed E-state index contributed by atoms with van der Waals surface area (Å²) in [4.78, 5) is 2.44. The van der Waals surface area contributed by atoms with Crippen LogP contribution in [0.3, 0.4) is 0 Å². The lowest BCUT2D eigenvalue weighted by Gasteiger charge is -2.42. The molecule has 0 aliphatic rings. The van der Waals surface area contributed by atoms with Gasteiger partial charge in [-0.25, -0.2) is 0 Å². The zero-order valence-electron chi connectivity index (χ0n) is 10.1. The molecule has 2 nitrogen and oxygen atoms in total. The van der Waals surface area contributed by atoms with Crippen molar-refractivity contribution in [1.82, 2.24) is 10.2 Å². The zero-order valence-corrected chi connectivity index (χ0v) is 10.1. The third-order valence-electron chi connectivity index (χ3n) is 3.28. The second-order valence-corrected chi connectivity index (χ2v) is 4.03. The Morgan fingerprint density at radius 3 is 2.15 bits per heavy atom. The van der Waals surface area contributed by atoms with Crippen molar-refractivity contribution in [1.29, 1.82) is 0 Å². The van der Waals surface area contributed by atoms with E-state index in [1.165, 1.54) is 6.42 Å². The Morgan fingerprint density at radius 1 is 1.31 bits per heavy atom. The first kappa shape index (κ1) is 12.9. The SMILES string of the molecule is CCNC(C)(CC)N(C)C(C)CC. The summed E-state index contributed by atoms with van der Waals surface area (Å²) in [5, 5.41) is 3.55. The number of rotatable bonds is 6. The van der Waals surface area contributed by atoms with Crippen LogP contribution in [0.25, 0.3) is 0 Å². The van der Waals surface area contributed by atoms with Crippen LogP contribution >= 0.6 is 0 Å². The largest absolute Gasteiger partial charge is 0.300 e. The quantitative estimate of drug-likeness (QED) is 0.641. The van der Waals surface area contributed by atoms with Gasteiger partial charge in [0.15, 0.2) is 0 Å². The highest BCUT2D eigenvalue weighted by atomic mass is 15.3. The molecule has 0 bridgehead atoms. The summed E-state index contributed by atoms with van der Waals surface area (Å²) in [6.45, 7) is 12.2. The molecule has 0 aromatic rings. The predicted molar refractivity (Wildman–Crippen MR) is 59.9 cm³/mol. The van der Waals surface area contributed by atoms with E-state index in [1.807, 2.05) is 0 Å². The molecule has 2 atom stereocenters. The van der Waals surface area contributed by atoms with E-state index >= 15 is 0 Å². The molecule has 0 radical (unpaired) electrons. The van der Waals surface area contributed by atoms with Gasteiger partial charge in [0, 0.05) is 6.04 Å². The molecule has 2 heteroatoms. The highest BCUT2D eigenvalue weighted by molar-refractivity contribution is 4.82. The number of nitrogens with zero attached hydrogens (tertiary/aromatic N) is 1. The molecular formula is C11H26N2. The summed E-state index contributed by atoms with van der Waals surface area (Å²) in [6, 6.07) is 0.643. The van der Waals surface area contributed by atoms with Gasteiger partial charge in [-0.05, 0) is 40.3 Å². The van der Waals surface area contributed by atoms with Crippen LogP contribution in [0.15, 0.2) is 0 Å². The van der Waals surface area contributed by atoms with Gasteiger partial charge in [-0.1, -0.05) is 20.8 Å². The maximum atomic E-state index is 3.55. The molecule has 13 heavy (non-hydrogen) atoms. The Balaban J connectivity index is 4.35. The molecule has 0 rings (SSSR count). The standard InChI is InChI=1S/C11H26N2/c1-7-10(4)13(6)11(5,8-2)12-9-3/h10,12H,7-9H2,1-6H3. The fourth-order valence-corrected chi connectivity index (χ4v) is 1.64. The van der Waals surface area contributed by atoms with Crippen molar-refractivity contribution in [2.24, 2.45) is 0 Å². The van der Waals surface area contributed by atoms with Gasteiger partial charge >= 0.3 is 0 Å². The molecule has 0 aliphatic heterocycles. The van der Waals surface area contributed by atoms with Gasteiger partial charge in [0.1, 0.15) is 0 Å². The summed E-state index contributed by atoms with van der Waals surface area (Å²) in [5.41, 5.74) is 0.157. The molecule has 0 aromatic carbocycles. The molecule has 80 valence electrons. The van der Waals surface area contributed by atoms with Crippen LogP contribution in [-0.4, -0.2) is 30.2 Å². The molecule has 0 spiro atoms. The molecule has 0 saturated carbocycles. The fourth-order valence-electron chi connectivity index (χ4n) is 1.64. The van der Waals surface area contributed by atoms with E-state index in [0.29, 0.717) is 6.04 Å². The minimum atomic E-state index is 0.157. The molecule has 0 aliphatic carbocycles. The topological polar surface area (TPSA) is 15.3 Å². The van der Waals surface area contributed by atoms with E-state index in [1.54, 1.807) is 0 Å². The van der Waals surface area contributed by atoms with E-state index in [-0.39, 0.29) is 5.66 Å². The van der Waals surface area contributed by atoms with Crippen LogP contribution in [-0.2, 0) is 0 Å². The fraction of sp³-hybridized carbons (Fsp3) is 1.00. The maximum absolute atomic E-state index is 3.55. The first-order valence-corrected chi connectivity index (χ1v) is 5.49. The molecule has 0 fully saturated rings. The third-order valence-corrected chi connectivity index (χ3v) is 3.28. The average molecular weight is 186 g/mol. The van der Waals surface area contributed by atoms with Crippen LogP contribution in [0.1, 0.15) is 47.5 Å². The Labute approximate surface area is 83.7 Å². The zero-order chi connectivity index (χ0) is 10.5. The smallest absolute Gasteiger partial charge is 0.0680 e. The molecule has 1 N–H and O–H groups in total. The van der Waals surface area contributed by atoms with Gasteiger partial charge in [-0.15, -0.1) is 0 Å². The van der Waals surface area contributed by atoms with E-state index in [9.17, 15) is 0 Å². The lowest BCUT2D eigenvalue weighted by molar-refractivity contribution is 0.0581. The summed E-state index contributed by atoms with van der Waals surface area (Å²) in [7, 11) is 2.21. The van der Waals surface area contributed by atoms with E-state index in [2.05, 4.69) is 51.9 Å². The van der Waals surface area contributed by atoms with Gasteiger partial charge in [0.2, 0.25) is 0 Å². The summed E-state index contributed by atoms with van der Waals surface area (Å²) in [5.74, 6) is 0. The number of hydrogen-bond donors (Lipinski definition) is 1. The minimum absolute atomic E-state index is 0.157. The molecule has 0 heterocycles. The molecule has 0 amide bonds. The van der Waals surface area contributed by atoms with Crippen molar-refractivity contribution >= 4 is 0 Å². The first-order chi connectivity index (χ1) is 6.01. The average Bonchev–Trinajstić information content (AvgIpc) is 2.15. The highest BCUT2D eigenvalue weighted by Gasteiger charge is 2.28. The van der Waals surface area contributed by atoms with Crippen LogP contribution in [0, 0.1) is 0 Å². The lowest BCUT2D eigenvalue weighted by Crippen LogP contribution is -2.57. The van der Waals surface area contributed by atoms with Crippen LogP contribution in [0.5, 0.6) is 0 Å². The Bertz CT molecular complexity index is 136. The predicted octanol–water partition coefficient (Wildman–Crippen LogP) is 2.45. The molecule has 0 aromatic heterocycles. The van der Waals surface area contributed by atoms with Crippen LogP contribution in [0.2, 0.25) is 0 Å². The number of hydrogen-bond acceptors (Lipinski definition) is 2. The van der Waals surface area contributed by atoms with Crippen LogP contribution < -0.4 is 5.32 Å². The van der Waals surface area contributed by atoms with Crippen molar-refractivity contribution in [3.63, 3.8) is 0 Å². The minimum Gasteiger partial charge on any atom is -0.300 e. The summed E-state index contributed by atoms with van der Waals surface area (Å²) in [6.07, 6.45) is 2.35. The van der Waals surface area contributed by atoms with Crippen molar-refractivity contribution in [3.05, 3.63) is 0 Å². The van der Waals surface area contributed by atoms with Crippen molar-refractivity contribution in [2.45, 2.75) is 59.2 Å². The van der Waals surface area contributed by atoms with Gasteiger partial charge < -0.3 is 0 Å². The number of nitrogens with one attached hydrogen (secondary N) is 1.